The van der Waals surface area contributed by atoms with E-state index >= 15 is 0 Å². The van der Waals surface area contributed by atoms with Gasteiger partial charge < -0.3 is 10.1 Å². The molecule has 6 heteroatoms. The van der Waals surface area contributed by atoms with Gasteiger partial charge in [0.1, 0.15) is 11.4 Å². The van der Waals surface area contributed by atoms with Gasteiger partial charge in [0.2, 0.25) is 5.88 Å². The lowest BCUT2D eigenvalue weighted by molar-refractivity contribution is 0.102. The number of fused-ring (bicyclic) bond motifs is 1. The third-order valence-corrected chi connectivity index (χ3v) is 5.14. The minimum Gasteiger partial charge on any atom is -0.477 e. The van der Waals surface area contributed by atoms with Crippen LogP contribution in [0.4, 0.5) is 5.82 Å². The molecule has 1 aliphatic rings. The van der Waals surface area contributed by atoms with Gasteiger partial charge in [-0.05, 0) is 56.4 Å². The summed E-state index contributed by atoms with van der Waals surface area (Å²) in [5, 5.41) is 7.64. The SMILES string of the molecule is CCOc1ncccc1C(=O)Nc1c(C)cnn1C1CCCc2ccccc21. The predicted octanol–water partition coefficient (Wildman–Crippen LogP) is 4.16. The fourth-order valence-electron chi connectivity index (χ4n) is 3.81. The van der Waals surface area contributed by atoms with Gasteiger partial charge >= 0.3 is 0 Å². The maximum atomic E-state index is 13.0. The Morgan fingerprint density at radius 2 is 2.14 bits per heavy atom. The van der Waals surface area contributed by atoms with Crippen molar-refractivity contribution in [2.45, 2.75) is 39.2 Å². The molecule has 3 aromatic rings. The number of benzene rings is 1. The van der Waals surface area contributed by atoms with E-state index in [9.17, 15) is 4.79 Å². The van der Waals surface area contributed by atoms with E-state index < -0.39 is 0 Å². The van der Waals surface area contributed by atoms with Gasteiger partial charge in [0.05, 0.1) is 18.8 Å². The summed E-state index contributed by atoms with van der Waals surface area (Å²) >= 11 is 0. The Bertz CT molecular complexity index is 996. The summed E-state index contributed by atoms with van der Waals surface area (Å²) in [6.07, 6.45) is 6.61. The lowest BCUT2D eigenvalue weighted by Gasteiger charge is -2.27. The van der Waals surface area contributed by atoms with Gasteiger partial charge in [0.25, 0.3) is 5.91 Å². The number of pyridine rings is 1. The van der Waals surface area contributed by atoms with E-state index in [1.807, 2.05) is 18.5 Å². The van der Waals surface area contributed by atoms with Crippen LogP contribution < -0.4 is 10.1 Å². The zero-order valence-corrected chi connectivity index (χ0v) is 16.2. The van der Waals surface area contributed by atoms with E-state index in [-0.39, 0.29) is 11.9 Å². The number of nitrogens with one attached hydrogen (secondary N) is 1. The van der Waals surface area contributed by atoms with Crippen LogP contribution in [0.25, 0.3) is 0 Å². The molecular formula is C22H24N4O2. The summed E-state index contributed by atoms with van der Waals surface area (Å²) in [5.41, 5.74) is 3.98. The molecule has 0 saturated carbocycles. The first-order valence-electron chi connectivity index (χ1n) is 9.70. The van der Waals surface area contributed by atoms with Crippen molar-refractivity contribution in [3.05, 3.63) is 71.0 Å². The highest BCUT2D eigenvalue weighted by Crippen LogP contribution is 2.35. The summed E-state index contributed by atoms with van der Waals surface area (Å²) in [7, 11) is 0. The van der Waals surface area contributed by atoms with Gasteiger partial charge in [-0.25, -0.2) is 9.67 Å². The number of hydrogen-bond acceptors (Lipinski definition) is 4. The zero-order valence-electron chi connectivity index (χ0n) is 16.2. The van der Waals surface area contributed by atoms with Crippen molar-refractivity contribution < 1.29 is 9.53 Å². The number of amides is 1. The van der Waals surface area contributed by atoms with Crippen LogP contribution >= 0.6 is 0 Å². The van der Waals surface area contributed by atoms with Gasteiger partial charge in [-0.3, -0.25) is 4.79 Å². The van der Waals surface area contributed by atoms with Gasteiger partial charge in [0, 0.05) is 11.8 Å². The van der Waals surface area contributed by atoms with E-state index in [4.69, 9.17) is 4.74 Å². The lowest BCUT2D eigenvalue weighted by atomic mass is 9.88. The molecule has 1 aliphatic carbocycles. The number of carbonyl (C=O) groups is 1. The summed E-state index contributed by atoms with van der Waals surface area (Å²) in [4.78, 5) is 17.1. The third kappa shape index (κ3) is 3.38. The van der Waals surface area contributed by atoms with Crippen LogP contribution in [0.5, 0.6) is 5.88 Å². The molecule has 0 fully saturated rings. The van der Waals surface area contributed by atoms with Gasteiger partial charge in [-0.15, -0.1) is 0 Å². The Labute approximate surface area is 164 Å². The number of aryl methyl sites for hydroxylation is 2. The normalized spacial score (nSPS) is 15.7. The van der Waals surface area contributed by atoms with Gasteiger partial charge in [0.15, 0.2) is 0 Å². The Balaban J connectivity index is 1.67. The number of aromatic nitrogens is 3. The van der Waals surface area contributed by atoms with Crippen LogP contribution in [-0.4, -0.2) is 27.3 Å². The summed E-state index contributed by atoms with van der Waals surface area (Å²) < 4.78 is 7.45. The highest BCUT2D eigenvalue weighted by atomic mass is 16.5. The number of rotatable bonds is 5. The largest absolute Gasteiger partial charge is 0.477 e. The average molecular weight is 376 g/mol. The van der Waals surface area contributed by atoms with Crippen molar-refractivity contribution in [3.63, 3.8) is 0 Å². The minimum atomic E-state index is -0.245. The fourth-order valence-corrected chi connectivity index (χ4v) is 3.81. The second-order valence-electron chi connectivity index (χ2n) is 6.97. The molecule has 2 heterocycles. The fraction of sp³-hybridized carbons (Fsp3) is 0.318. The minimum absolute atomic E-state index is 0.120. The van der Waals surface area contributed by atoms with Crippen molar-refractivity contribution in [1.82, 2.24) is 14.8 Å². The molecule has 4 rings (SSSR count). The Kier molecular flexibility index (Phi) is 5.10. The average Bonchev–Trinajstić information content (AvgIpc) is 3.08. The van der Waals surface area contributed by atoms with Crippen LogP contribution in [0.15, 0.2) is 48.8 Å². The van der Waals surface area contributed by atoms with Crippen LogP contribution in [0, 0.1) is 6.92 Å². The second kappa shape index (κ2) is 7.84. The lowest BCUT2D eigenvalue weighted by Crippen LogP contribution is -2.23. The summed E-state index contributed by atoms with van der Waals surface area (Å²) in [5.74, 6) is 0.817. The number of anilines is 1. The first-order chi connectivity index (χ1) is 13.7. The first-order valence-corrected chi connectivity index (χ1v) is 9.70. The summed E-state index contributed by atoms with van der Waals surface area (Å²) in [6.45, 7) is 4.28. The van der Waals surface area contributed by atoms with E-state index in [1.165, 1.54) is 11.1 Å². The quantitative estimate of drug-likeness (QED) is 0.726. The smallest absolute Gasteiger partial charge is 0.262 e. The van der Waals surface area contributed by atoms with E-state index in [2.05, 4.69) is 39.7 Å². The predicted molar refractivity (Wildman–Crippen MR) is 108 cm³/mol. The molecule has 1 N–H and O–H groups in total. The molecule has 1 aromatic carbocycles. The van der Waals surface area contributed by atoms with Gasteiger partial charge in [-0.1, -0.05) is 24.3 Å². The molecule has 0 aliphatic heterocycles. The Morgan fingerprint density at radius 3 is 3.00 bits per heavy atom. The molecule has 1 amide bonds. The van der Waals surface area contributed by atoms with E-state index in [1.54, 1.807) is 24.5 Å². The molecule has 0 spiro atoms. The molecule has 6 nitrogen and oxygen atoms in total. The maximum absolute atomic E-state index is 13.0. The van der Waals surface area contributed by atoms with Crippen LogP contribution in [-0.2, 0) is 6.42 Å². The molecule has 0 saturated heterocycles. The molecule has 1 unspecified atom stereocenters. The zero-order chi connectivity index (χ0) is 19.5. The molecule has 28 heavy (non-hydrogen) atoms. The molecule has 0 bridgehead atoms. The van der Waals surface area contributed by atoms with Gasteiger partial charge in [-0.2, -0.15) is 5.10 Å². The number of nitrogens with zero attached hydrogens (tertiary/aromatic N) is 3. The Morgan fingerprint density at radius 1 is 1.29 bits per heavy atom. The number of ether oxygens (including phenoxy) is 1. The van der Waals surface area contributed by atoms with Crippen molar-refractivity contribution in [1.29, 1.82) is 0 Å². The summed E-state index contributed by atoms with van der Waals surface area (Å²) in [6, 6.07) is 12.1. The monoisotopic (exact) mass is 376 g/mol. The number of carbonyl (C=O) groups excluding carboxylic acids is 1. The van der Waals surface area contributed by atoms with Crippen molar-refractivity contribution in [2.24, 2.45) is 0 Å². The van der Waals surface area contributed by atoms with Crippen molar-refractivity contribution >= 4 is 11.7 Å². The highest BCUT2D eigenvalue weighted by Gasteiger charge is 2.26. The van der Waals surface area contributed by atoms with E-state index in [0.29, 0.717) is 18.1 Å². The molecular weight excluding hydrogens is 352 g/mol. The molecule has 0 radical (unpaired) electrons. The Hall–Kier alpha value is -3.15. The van der Waals surface area contributed by atoms with Crippen LogP contribution in [0.2, 0.25) is 0 Å². The van der Waals surface area contributed by atoms with E-state index in [0.717, 1.165) is 30.6 Å². The maximum Gasteiger partial charge on any atom is 0.262 e. The third-order valence-electron chi connectivity index (χ3n) is 5.14. The highest BCUT2D eigenvalue weighted by molar-refractivity contribution is 6.05. The number of hydrogen-bond donors (Lipinski definition) is 1. The van der Waals surface area contributed by atoms with Crippen LogP contribution in [0.1, 0.15) is 52.9 Å². The molecule has 2 aromatic heterocycles. The standard InChI is InChI=1S/C22H24N4O2/c1-3-28-22-18(11-7-13-23-22)21(27)25-20-15(2)14-24-26(20)19-12-6-9-16-8-4-5-10-17(16)19/h4-5,7-8,10-11,13-14,19H,3,6,9,12H2,1-2H3,(H,25,27). The topological polar surface area (TPSA) is 69.0 Å². The second-order valence-corrected chi connectivity index (χ2v) is 6.97. The first kappa shape index (κ1) is 18.2. The van der Waals surface area contributed by atoms with Crippen LogP contribution in [0.3, 0.4) is 0 Å². The van der Waals surface area contributed by atoms with Crippen molar-refractivity contribution in [2.75, 3.05) is 11.9 Å². The van der Waals surface area contributed by atoms with Crippen molar-refractivity contribution in [3.8, 4) is 5.88 Å². The molecule has 1 atom stereocenters. The molecule has 144 valence electrons.